The van der Waals surface area contributed by atoms with Crippen LogP contribution in [0.4, 0.5) is 10.5 Å². The van der Waals surface area contributed by atoms with Crippen molar-refractivity contribution >= 4 is 17.6 Å². The number of furan rings is 1. The van der Waals surface area contributed by atoms with Crippen molar-refractivity contribution in [2.24, 2.45) is 0 Å². The zero-order chi connectivity index (χ0) is 23.0. The van der Waals surface area contributed by atoms with E-state index in [2.05, 4.69) is 28.8 Å². The van der Waals surface area contributed by atoms with Crippen LogP contribution in [0.1, 0.15) is 21.7 Å². The summed E-state index contributed by atoms with van der Waals surface area (Å²) in [6.45, 7) is 0.824. The first-order chi connectivity index (χ1) is 16.1. The number of amides is 3. The Morgan fingerprint density at radius 3 is 2.45 bits per heavy atom. The normalized spacial score (nSPS) is 10.5. The molecule has 0 aliphatic rings. The van der Waals surface area contributed by atoms with Crippen LogP contribution in [0.5, 0.6) is 0 Å². The Balaban J connectivity index is 1.36. The lowest BCUT2D eigenvalue weighted by molar-refractivity contribution is 0.0996. The number of nitrogens with one attached hydrogen (secondary N) is 2. The molecule has 6 nitrogen and oxygen atoms in total. The number of benzene rings is 3. The summed E-state index contributed by atoms with van der Waals surface area (Å²) < 4.78 is 5.11. The van der Waals surface area contributed by atoms with E-state index in [9.17, 15) is 9.59 Å². The van der Waals surface area contributed by atoms with Crippen LogP contribution in [0.25, 0.3) is 11.1 Å². The van der Waals surface area contributed by atoms with Crippen molar-refractivity contribution < 1.29 is 14.0 Å². The molecule has 6 heteroatoms. The summed E-state index contributed by atoms with van der Waals surface area (Å²) in [4.78, 5) is 26.5. The van der Waals surface area contributed by atoms with E-state index in [0.29, 0.717) is 18.8 Å². The van der Waals surface area contributed by atoms with Gasteiger partial charge in [-0.3, -0.25) is 4.79 Å². The van der Waals surface area contributed by atoms with E-state index in [1.54, 1.807) is 30.1 Å². The molecule has 0 atom stereocenters. The Bertz CT molecular complexity index is 1220. The molecular formula is C27H25N3O3. The van der Waals surface area contributed by atoms with Gasteiger partial charge in [0.05, 0.1) is 6.26 Å². The van der Waals surface area contributed by atoms with Gasteiger partial charge in [-0.05, 0) is 46.5 Å². The van der Waals surface area contributed by atoms with Crippen LogP contribution in [0, 0.1) is 0 Å². The topological polar surface area (TPSA) is 74.6 Å². The molecule has 3 aromatic carbocycles. The van der Waals surface area contributed by atoms with Crippen molar-refractivity contribution in [1.82, 2.24) is 10.2 Å². The average Bonchev–Trinajstić information content (AvgIpc) is 3.39. The number of anilines is 1. The minimum absolute atomic E-state index is 0.178. The maximum absolute atomic E-state index is 12.7. The largest absolute Gasteiger partial charge is 0.459 e. The SMILES string of the molecule is CN(Cc1ccccc1-c1ccccc1)C(=O)NCc1cccc(NC(=O)c2ccco2)c1. The number of nitrogens with zero attached hydrogens (tertiary/aromatic N) is 1. The third kappa shape index (κ3) is 5.68. The highest BCUT2D eigenvalue weighted by Crippen LogP contribution is 2.24. The van der Waals surface area contributed by atoms with Crippen LogP contribution in [0.2, 0.25) is 0 Å². The minimum atomic E-state index is -0.321. The van der Waals surface area contributed by atoms with E-state index in [4.69, 9.17) is 4.42 Å². The fourth-order valence-corrected chi connectivity index (χ4v) is 3.56. The molecule has 0 spiro atoms. The molecule has 3 amide bonds. The Hall–Kier alpha value is -4.32. The summed E-state index contributed by atoms with van der Waals surface area (Å²) in [5.41, 5.74) is 4.81. The highest BCUT2D eigenvalue weighted by atomic mass is 16.3. The fraction of sp³-hybridized carbons (Fsp3) is 0.111. The molecule has 4 aromatic rings. The van der Waals surface area contributed by atoms with Crippen LogP contribution < -0.4 is 10.6 Å². The molecule has 0 unspecified atom stereocenters. The number of rotatable bonds is 7. The second-order valence-corrected chi connectivity index (χ2v) is 7.67. The van der Waals surface area contributed by atoms with Crippen molar-refractivity contribution in [3.05, 3.63) is 114 Å². The lowest BCUT2D eigenvalue weighted by atomic mass is 9.99. The summed E-state index contributed by atoms with van der Waals surface area (Å²) in [6, 6.07) is 28.7. The summed E-state index contributed by atoms with van der Waals surface area (Å²) in [5, 5.41) is 5.74. The van der Waals surface area contributed by atoms with Gasteiger partial charge in [-0.2, -0.15) is 0 Å². The first-order valence-corrected chi connectivity index (χ1v) is 10.7. The zero-order valence-corrected chi connectivity index (χ0v) is 18.3. The van der Waals surface area contributed by atoms with Crippen molar-refractivity contribution in [2.75, 3.05) is 12.4 Å². The first-order valence-electron chi connectivity index (χ1n) is 10.7. The zero-order valence-electron chi connectivity index (χ0n) is 18.3. The summed E-state index contributed by atoms with van der Waals surface area (Å²) in [7, 11) is 1.77. The second-order valence-electron chi connectivity index (χ2n) is 7.67. The van der Waals surface area contributed by atoms with E-state index < -0.39 is 0 Å². The molecule has 0 fully saturated rings. The third-order valence-corrected chi connectivity index (χ3v) is 5.23. The maximum atomic E-state index is 12.7. The molecule has 1 aromatic heterocycles. The van der Waals surface area contributed by atoms with Crippen molar-refractivity contribution in [1.29, 1.82) is 0 Å². The van der Waals surface area contributed by atoms with Gasteiger partial charge in [-0.1, -0.05) is 66.7 Å². The molecule has 0 aliphatic carbocycles. The Kier molecular flexibility index (Phi) is 6.85. The molecular weight excluding hydrogens is 414 g/mol. The molecule has 0 radical (unpaired) electrons. The van der Waals surface area contributed by atoms with Crippen LogP contribution in [-0.2, 0) is 13.1 Å². The van der Waals surface area contributed by atoms with E-state index in [1.165, 1.54) is 6.26 Å². The van der Waals surface area contributed by atoms with E-state index >= 15 is 0 Å². The molecule has 2 N–H and O–H groups in total. The van der Waals surface area contributed by atoms with E-state index in [1.807, 2.05) is 54.6 Å². The molecule has 33 heavy (non-hydrogen) atoms. The van der Waals surface area contributed by atoms with Gasteiger partial charge in [0.1, 0.15) is 0 Å². The quantitative estimate of drug-likeness (QED) is 0.397. The number of carbonyl (C=O) groups excluding carboxylic acids is 2. The van der Waals surface area contributed by atoms with Crippen LogP contribution in [0.15, 0.2) is 102 Å². The predicted molar refractivity (Wildman–Crippen MR) is 129 cm³/mol. The lowest BCUT2D eigenvalue weighted by Crippen LogP contribution is -2.36. The maximum Gasteiger partial charge on any atom is 0.317 e. The number of carbonyl (C=O) groups is 2. The predicted octanol–water partition coefficient (Wildman–Crippen LogP) is 5.54. The van der Waals surface area contributed by atoms with Gasteiger partial charge >= 0.3 is 6.03 Å². The van der Waals surface area contributed by atoms with Crippen molar-refractivity contribution in [2.45, 2.75) is 13.1 Å². The van der Waals surface area contributed by atoms with Gasteiger partial charge < -0.3 is 20.0 Å². The van der Waals surface area contributed by atoms with E-state index in [0.717, 1.165) is 22.3 Å². The minimum Gasteiger partial charge on any atom is -0.459 e. The van der Waals surface area contributed by atoms with Crippen LogP contribution in [0.3, 0.4) is 0 Å². The Morgan fingerprint density at radius 1 is 0.879 bits per heavy atom. The van der Waals surface area contributed by atoms with Crippen LogP contribution in [-0.4, -0.2) is 23.9 Å². The molecule has 166 valence electrons. The van der Waals surface area contributed by atoms with Gasteiger partial charge in [0, 0.05) is 25.8 Å². The highest BCUT2D eigenvalue weighted by Gasteiger charge is 2.13. The Labute approximate surface area is 192 Å². The number of hydrogen-bond donors (Lipinski definition) is 2. The van der Waals surface area contributed by atoms with Crippen molar-refractivity contribution in [3.8, 4) is 11.1 Å². The summed E-state index contributed by atoms with van der Waals surface area (Å²) >= 11 is 0. The average molecular weight is 440 g/mol. The summed E-state index contributed by atoms with van der Waals surface area (Å²) in [6.07, 6.45) is 1.45. The van der Waals surface area contributed by atoms with Gasteiger partial charge in [0.2, 0.25) is 0 Å². The van der Waals surface area contributed by atoms with Crippen molar-refractivity contribution in [3.63, 3.8) is 0 Å². The molecule has 1 heterocycles. The molecule has 0 bridgehead atoms. The molecule has 4 rings (SSSR count). The fourth-order valence-electron chi connectivity index (χ4n) is 3.56. The smallest absolute Gasteiger partial charge is 0.317 e. The first kappa shape index (κ1) is 21.9. The lowest BCUT2D eigenvalue weighted by Gasteiger charge is -2.20. The summed E-state index contributed by atoms with van der Waals surface area (Å²) in [5.74, 6) is -0.0795. The monoisotopic (exact) mass is 439 g/mol. The van der Waals surface area contributed by atoms with Crippen LogP contribution >= 0.6 is 0 Å². The number of urea groups is 1. The van der Waals surface area contributed by atoms with Gasteiger partial charge in [0.25, 0.3) is 5.91 Å². The van der Waals surface area contributed by atoms with Gasteiger partial charge in [0.15, 0.2) is 5.76 Å². The third-order valence-electron chi connectivity index (χ3n) is 5.23. The highest BCUT2D eigenvalue weighted by molar-refractivity contribution is 6.02. The number of hydrogen-bond acceptors (Lipinski definition) is 3. The van der Waals surface area contributed by atoms with Gasteiger partial charge in [-0.15, -0.1) is 0 Å². The van der Waals surface area contributed by atoms with Gasteiger partial charge in [-0.25, -0.2) is 4.79 Å². The molecule has 0 saturated carbocycles. The van der Waals surface area contributed by atoms with E-state index in [-0.39, 0.29) is 17.7 Å². The molecule has 0 saturated heterocycles. The second kappa shape index (κ2) is 10.3. The Morgan fingerprint density at radius 2 is 1.67 bits per heavy atom. The standard InChI is InChI=1S/C27H25N3O3/c1-30(19-22-12-5-6-14-24(22)21-10-3-2-4-11-21)27(32)28-18-20-9-7-13-23(17-20)29-26(31)25-15-8-16-33-25/h2-17H,18-19H2,1H3,(H,28,32)(H,29,31). The molecule has 0 aliphatic heterocycles.